The zero-order valence-electron chi connectivity index (χ0n) is 13.7. The number of carbonyl (C=O) groups is 1. The van der Waals surface area contributed by atoms with E-state index in [1.54, 1.807) is 19.2 Å². The van der Waals surface area contributed by atoms with E-state index in [0.717, 1.165) is 5.56 Å². The van der Waals surface area contributed by atoms with Crippen LogP contribution in [-0.2, 0) is 4.74 Å². The van der Waals surface area contributed by atoms with E-state index in [0.29, 0.717) is 18.0 Å². The lowest BCUT2D eigenvalue weighted by atomic mass is 10.1. The lowest BCUT2D eigenvalue weighted by Crippen LogP contribution is -2.29. The van der Waals surface area contributed by atoms with Crippen molar-refractivity contribution in [2.45, 2.75) is 26.1 Å². The van der Waals surface area contributed by atoms with Crippen molar-refractivity contribution < 1.29 is 14.3 Å². The van der Waals surface area contributed by atoms with Crippen LogP contribution in [0.4, 0.5) is 0 Å². The maximum absolute atomic E-state index is 12.2. The minimum Gasteiger partial charge on any atom is -0.475 e. The van der Waals surface area contributed by atoms with Gasteiger partial charge in [0, 0.05) is 25.9 Å². The van der Waals surface area contributed by atoms with Gasteiger partial charge in [-0.15, -0.1) is 0 Å². The second-order valence-electron chi connectivity index (χ2n) is 5.40. The highest BCUT2D eigenvalue weighted by atomic mass is 16.5. The van der Waals surface area contributed by atoms with Gasteiger partial charge in [-0.25, -0.2) is 4.98 Å². The van der Waals surface area contributed by atoms with Gasteiger partial charge in [-0.05, 0) is 25.5 Å². The number of amides is 1. The van der Waals surface area contributed by atoms with Gasteiger partial charge in [0.25, 0.3) is 5.91 Å². The van der Waals surface area contributed by atoms with Crippen molar-refractivity contribution in [3.63, 3.8) is 0 Å². The minimum absolute atomic E-state index is 0.0514. The van der Waals surface area contributed by atoms with Crippen LogP contribution < -0.4 is 10.1 Å². The Labute approximate surface area is 136 Å². The predicted molar refractivity (Wildman–Crippen MR) is 88.5 cm³/mol. The summed E-state index contributed by atoms with van der Waals surface area (Å²) in [5.41, 5.74) is 1.51. The first-order valence-electron chi connectivity index (χ1n) is 7.58. The lowest BCUT2D eigenvalue weighted by molar-refractivity contribution is 0.0827. The Morgan fingerprint density at radius 1 is 1.17 bits per heavy atom. The van der Waals surface area contributed by atoms with Gasteiger partial charge in [0.2, 0.25) is 5.88 Å². The summed E-state index contributed by atoms with van der Waals surface area (Å²) in [5, 5.41) is 2.86. The molecule has 0 saturated heterocycles. The molecule has 1 aromatic heterocycles. The van der Waals surface area contributed by atoms with Crippen molar-refractivity contribution in [3.8, 4) is 5.88 Å². The summed E-state index contributed by atoms with van der Waals surface area (Å²) in [6.45, 7) is 4.25. The van der Waals surface area contributed by atoms with E-state index in [1.165, 1.54) is 6.20 Å². The summed E-state index contributed by atoms with van der Waals surface area (Å²) in [4.78, 5) is 16.3. The third-order valence-electron chi connectivity index (χ3n) is 3.26. The first-order valence-corrected chi connectivity index (χ1v) is 7.58. The standard InChI is InChI=1S/C18H22N2O3/c1-13(2)23-17-10-9-15(11-19-17)18(21)20-12-16(22-3)14-7-5-4-6-8-14/h4-11,13,16H,12H2,1-3H3,(H,20,21). The van der Waals surface area contributed by atoms with E-state index in [2.05, 4.69) is 10.3 Å². The van der Waals surface area contributed by atoms with Crippen LogP contribution in [0.15, 0.2) is 48.7 Å². The fraction of sp³-hybridized carbons (Fsp3) is 0.333. The van der Waals surface area contributed by atoms with Crippen LogP contribution in [0.1, 0.15) is 35.9 Å². The highest BCUT2D eigenvalue weighted by molar-refractivity contribution is 5.93. The van der Waals surface area contributed by atoms with Crippen molar-refractivity contribution in [2.24, 2.45) is 0 Å². The summed E-state index contributed by atoms with van der Waals surface area (Å²) in [5.74, 6) is 0.321. The Hall–Kier alpha value is -2.40. The summed E-state index contributed by atoms with van der Waals surface area (Å²) >= 11 is 0. The van der Waals surface area contributed by atoms with Crippen LogP contribution in [0.2, 0.25) is 0 Å². The van der Waals surface area contributed by atoms with Gasteiger partial charge in [-0.1, -0.05) is 30.3 Å². The molecule has 1 N–H and O–H groups in total. The maximum atomic E-state index is 12.2. The van der Waals surface area contributed by atoms with Crippen LogP contribution in [0.3, 0.4) is 0 Å². The number of hydrogen-bond donors (Lipinski definition) is 1. The van der Waals surface area contributed by atoms with Gasteiger partial charge < -0.3 is 14.8 Å². The maximum Gasteiger partial charge on any atom is 0.252 e. The summed E-state index contributed by atoms with van der Waals surface area (Å²) < 4.78 is 10.9. The lowest BCUT2D eigenvalue weighted by Gasteiger charge is -2.16. The van der Waals surface area contributed by atoms with Crippen molar-refractivity contribution in [3.05, 3.63) is 59.8 Å². The molecular formula is C18H22N2O3. The topological polar surface area (TPSA) is 60.5 Å². The van der Waals surface area contributed by atoms with Gasteiger partial charge in [0.15, 0.2) is 0 Å². The van der Waals surface area contributed by atoms with E-state index in [-0.39, 0.29) is 18.1 Å². The molecule has 0 aliphatic heterocycles. The van der Waals surface area contributed by atoms with Crippen LogP contribution in [-0.4, -0.2) is 30.6 Å². The largest absolute Gasteiger partial charge is 0.475 e. The minimum atomic E-state index is -0.188. The smallest absolute Gasteiger partial charge is 0.252 e. The number of carbonyl (C=O) groups excluding carboxylic acids is 1. The zero-order chi connectivity index (χ0) is 16.7. The molecule has 23 heavy (non-hydrogen) atoms. The Balaban J connectivity index is 1.93. The van der Waals surface area contributed by atoms with Crippen LogP contribution >= 0.6 is 0 Å². The summed E-state index contributed by atoms with van der Waals surface area (Å²) in [6, 6.07) is 13.2. The molecule has 0 aliphatic carbocycles. The monoisotopic (exact) mass is 314 g/mol. The van der Waals surface area contributed by atoms with Crippen molar-refractivity contribution >= 4 is 5.91 Å². The fourth-order valence-electron chi connectivity index (χ4n) is 2.12. The second-order valence-corrected chi connectivity index (χ2v) is 5.40. The molecule has 1 heterocycles. The molecule has 0 fully saturated rings. The molecule has 2 rings (SSSR count). The molecule has 5 heteroatoms. The van der Waals surface area contributed by atoms with E-state index in [4.69, 9.17) is 9.47 Å². The normalized spacial score (nSPS) is 12.0. The van der Waals surface area contributed by atoms with E-state index < -0.39 is 0 Å². The van der Waals surface area contributed by atoms with Gasteiger partial charge in [-0.3, -0.25) is 4.79 Å². The molecular weight excluding hydrogens is 292 g/mol. The molecule has 1 atom stereocenters. The quantitative estimate of drug-likeness (QED) is 0.853. The summed E-state index contributed by atoms with van der Waals surface area (Å²) in [7, 11) is 1.63. The van der Waals surface area contributed by atoms with Gasteiger partial charge in [0.05, 0.1) is 17.8 Å². The molecule has 1 amide bonds. The molecule has 0 spiro atoms. The second kappa shape index (κ2) is 8.29. The third kappa shape index (κ3) is 5.07. The molecule has 1 unspecified atom stereocenters. The van der Waals surface area contributed by atoms with Gasteiger partial charge in [-0.2, -0.15) is 0 Å². The van der Waals surface area contributed by atoms with Crippen molar-refractivity contribution in [1.82, 2.24) is 10.3 Å². The van der Waals surface area contributed by atoms with E-state index >= 15 is 0 Å². The molecule has 122 valence electrons. The number of pyridine rings is 1. The molecule has 5 nitrogen and oxygen atoms in total. The fourth-order valence-corrected chi connectivity index (χ4v) is 2.12. The van der Waals surface area contributed by atoms with Crippen LogP contribution in [0.25, 0.3) is 0 Å². The average Bonchev–Trinajstić information content (AvgIpc) is 2.56. The molecule has 0 aliphatic rings. The molecule has 0 radical (unpaired) electrons. The van der Waals surface area contributed by atoms with Crippen LogP contribution in [0, 0.1) is 0 Å². The van der Waals surface area contributed by atoms with Crippen molar-refractivity contribution in [1.29, 1.82) is 0 Å². The molecule has 0 bridgehead atoms. The molecule has 2 aromatic rings. The SMILES string of the molecule is COC(CNC(=O)c1ccc(OC(C)C)nc1)c1ccccc1. The first-order chi connectivity index (χ1) is 11.1. The Morgan fingerprint density at radius 3 is 2.48 bits per heavy atom. The van der Waals surface area contributed by atoms with E-state index in [9.17, 15) is 4.79 Å². The predicted octanol–water partition coefficient (Wildman–Crippen LogP) is 2.99. The highest BCUT2D eigenvalue weighted by Gasteiger charge is 2.13. The van der Waals surface area contributed by atoms with Crippen LogP contribution in [0.5, 0.6) is 5.88 Å². The number of nitrogens with one attached hydrogen (secondary N) is 1. The third-order valence-corrected chi connectivity index (χ3v) is 3.26. The number of methoxy groups -OCH3 is 1. The number of ether oxygens (including phenoxy) is 2. The van der Waals surface area contributed by atoms with E-state index in [1.807, 2.05) is 44.2 Å². The Kier molecular flexibility index (Phi) is 6.11. The molecule has 0 saturated carbocycles. The number of benzene rings is 1. The highest BCUT2D eigenvalue weighted by Crippen LogP contribution is 2.15. The molecule has 1 aromatic carbocycles. The number of nitrogens with zero attached hydrogens (tertiary/aromatic N) is 1. The zero-order valence-corrected chi connectivity index (χ0v) is 13.7. The van der Waals surface area contributed by atoms with Gasteiger partial charge >= 0.3 is 0 Å². The Bertz CT molecular complexity index is 612. The summed E-state index contributed by atoms with van der Waals surface area (Å²) in [6.07, 6.45) is 1.38. The van der Waals surface area contributed by atoms with Crippen molar-refractivity contribution in [2.75, 3.05) is 13.7 Å². The van der Waals surface area contributed by atoms with Gasteiger partial charge in [0.1, 0.15) is 0 Å². The average molecular weight is 314 g/mol. The first kappa shape index (κ1) is 17.0. The number of hydrogen-bond acceptors (Lipinski definition) is 4. The number of rotatable bonds is 7. The Morgan fingerprint density at radius 2 is 1.91 bits per heavy atom. The number of aromatic nitrogens is 1.